The lowest BCUT2D eigenvalue weighted by Crippen LogP contribution is -2.26. The topological polar surface area (TPSA) is 39.1 Å². The second-order valence-electron chi connectivity index (χ2n) is 5.01. The molecule has 0 aliphatic rings. The van der Waals surface area contributed by atoms with Crippen molar-refractivity contribution in [1.29, 1.82) is 0 Å². The third kappa shape index (κ3) is 3.20. The predicted molar refractivity (Wildman–Crippen MR) is 81.1 cm³/mol. The van der Waals surface area contributed by atoms with Gasteiger partial charge in [0.25, 0.3) is 0 Å². The van der Waals surface area contributed by atoms with Gasteiger partial charge < -0.3 is 10.1 Å². The van der Waals surface area contributed by atoms with Gasteiger partial charge in [-0.25, -0.2) is 0 Å². The monoisotopic (exact) mass is 273 g/mol. The van der Waals surface area contributed by atoms with Gasteiger partial charge in [0.2, 0.25) is 0 Å². The van der Waals surface area contributed by atoms with Crippen LogP contribution < -0.4 is 10.1 Å². The van der Waals surface area contributed by atoms with Crippen LogP contribution in [0.5, 0.6) is 5.75 Å². The van der Waals surface area contributed by atoms with Gasteiger partial charge in [-0.2, -0.15) is 5.10 Å². The number of benzene rings is 1. The molecule has 4 nitrogen and oxygen atoms in total. The summed E-state index contributed by atoms with van der Waals surface area (Å²) in [6.07, 6.45) is 1.84. The van der Waals surface area contributed by atoms with E-state index in [4.69, 9.17) is 4.74 Å². The Morgan fingerprint density at radius 3 is 2.70 bits per heavy atom. The standard InChI is InChI=1S/C16H23N3O/c1-5-17-15(11-19-13(3)8-9-18-19)14-10-12(2)6-7-16(14)20-4/h6-10,15,17H,5,11H2,1-4H3. The first-order valence-electron chi connectivity index (χ1n) is 7.02. The van der Waals surface area contributed by atoms with Gasteiger partial charge in [-0.3, -0.25) is 4.68 Å². The third-order valence-corrected chi connectivity index (χ3v) is 3.50. The maximum atomic E-state index is 5.51. The molecule has 0 aliphatic carbocycles. The lowest BCUT2D eigenvalue weighted by atomic mass is 10.0. The predicted octanol–water partition coefficient (Wildman–Crippen LogP) is 2.86. The van der Waals surface area contributed by atoms with Crippen LogP contribution in [0.3, 0.4) is 0 Å². The average Bonchev–Trinajstić information content (AvgIpc) is 2.84. The number of nitrogens with zero attached hydrogens (tertiary/aromatic N) is 2. The molecule has 1 atom stereocenters. The fourth-order valence-corrected chi connectivity index (χ4v) is 2.41. The molecule has 1 aromatic carbocycles. The van der Waals surface area contributed by atoms with Gasteiger partial charge in [-0.15, -0.1) is 0 Å². The van der Waals surface area contributed by atoms with Gasteiger partial charge >= 0.3 is 0 Å². The van der Waals surface area contributed by atoms with E-state index in [0.29, 0.717) is 0 Å². The zero-order valence-corrected chi connectivity index (χ0v) is 12.7. The highest BCUT2D eigenvalue weighted by Crippen LogP contribution is 2.27. The Morgan fingerprint density at radius 2 is 2.10 bits per heavy atom. The van der Waals surface area contributed by atoms with Gasteiger partial charge in [0.15, 0.2) is 0 Å². The van der Waals surface area contributed by atoms with E-state index in [-0.39, 0.29) is 6.04 Å². The van der Waals surface area contributed by atoms with Crippen molar-refractivity contribution in [2.45, 2.75) is 33.4 Å². The molecule has 0 bridgehead atoms. The molecule has 1 N–H and O–H groups in total. The number of methoxy groups -OCH3 is 1. The highest BCUT2D eigenvalue weighted by atomic mass is 16.5. The van der Waals surface area contributed by atoms with Crippen LogP contribution in [0.4, 0.5) is 0 Å². The fraction of sp³-hybridized carbons (Fsp3) is 0.438. The van der Waals surface area contributed by atoms with Crippen molar-refractivity contribution in [3.8, 4) is 5.75 Å². The molecule has 0 radical (unpaired) electrons. The molecule has 1 aromatic heterocycles. The largest absolute Gasteiger partial charge is 0.496 e. The number of aromatic nitrogens is 2. The Kier molecular flexibility index (Phi) is 4.79. The Hall–Kier alpha value is -1.81. The van der Waals surface area contributed by atoms with Gasteiger partial charge in [-0.1, -0.05) is 24.6 Å². The Labute approximate surface area is 120 Å². The van der Waals surface area contributed by atoms with Crippen molar-refractivity contribution in [2.75, 3.05) is 13.7 Å². The summed E-state index contributed by atoms with van der Waals surface area (Å²) in [5, 5.41) is 7.90. The molecule has 1 unspecified atom stereocenters. The van der Waals surface area contributed by atoms with Crippen molar-refractivity contribution in [3.05, 3.63) is 47.3 Å². The smallest absolute Gasteiger partial charge is 0.123 e. The van der Waals surface area contributed by atoms with E-state index >= 15 is 0 Å². The van der Waals surface area contributed by atoms with E-state index in [0.717, 1.165) is 18.8 Å². The van der Waals surface area contributed by atoms with E-state index in [9.17, 15) is 0 Å². The van der Waals surface area contributed by atoms with E-state index in [1.165, 1.54) is 16.8 Å². The van der Waals surface area contributed by atoms with Crippen LogP contribution in [-0.2, 0) is 6.54 Å². The molecule has 0 fully saturated rings. The summed E-state index contributed by atoms with van der Waals surface area (Å²) >= 11 is 0. The average molecular weight is 273 g/mol. The van der Waals surface area contributed by atoms with Crippen molar-refractivity contribution in [2.24, 2.45) is 0 Å². The van der Waals surface area contributed by atoms with Crippen LogP contribution in [0.2, 0.25) is 0 Å². The zero-order chi connectivity index (χ0) is 14.5. The second-order valence-corrected chi connectivity index (χ2v) is 5.01. The first kappa shape index (κ1) is 14.6. The summed E-state index contributed by atoms with van der Waals surface area (Å²) in [5.41, 5.74) is 3.59. The van der Waals surface area contributed by atoms with Crippen LogP contribution in [-0.4, -0.2) is 23.4 Å². The van der Waals surface area contributed by atoms with Crippen molar-refractivity contribution < 1.29 is 4.74 Å². The molecule has 4 heteroatoms. The van der Waals surface area contributed by atoms with Crippen molar-refractivity contribution >= 4 is 0 Å². The minimum Gasteiger partial charge on any atom is -0.496 e. The Bertz CT molecular complexity index is 563. The number of aryl methyl sites for hydroxylation is 2. The SMILES string of the molecule is CCNC(Cn1nccc1C)c1cc(C)ccc1OC. The molecule has 0 saturated carbocycles. The normalized spacial score (nSPS) is 12.4. The summed E-state index contributed by atoms with van der Waals surface area (Å²) in [5.74, 6) is 0.923. The molecule has 20 heavy (non-hydrogen) atoms. The summed E-state index contributed by atoms with van der Waals surface area (Å²) in [6, 6.07) is 8.50. The molecule has 0 aliphatic heterocycles. The van der Waals surface area contributed by atoms with Crippen LogP contribution in [0.15, 0.2) is 30.5 Å². The third-order valence-electron chi connectivity index (χ3n) is 3.50. The van der Waals surface area contributed by atoms with Crippen LogP contribution in [0.25, 0.3) is 0 Å². The quantitative estimate of drug-likeness (QED) is 0.879. The lowest BCUT2D eigenvalue weighted by Gasteiger charge is -2.22. The number of hydrogen-bond acceptors (Lipinski definition) is 3. The van der Waals surface area contributed by atoms with Crippen molar-refractivity contribution in [1.82, 2.24) is 15.1 Å². The molecule has 1 heterocycles. The van der Waals surface area contributed by atoms with E-state index in [2.05, 4.69) is 43.3 Å². The Balaban J connectivity index is 2.33. The van der Waals surface area contributed by atoms with E-state index in [1.54, 1.807) is 7.11 Å². The van der Waals surface area contributed by atoms with E-state index in [1.807, 2.05) is 23.0 Å². The highest BCUT2D eigenvalue weighted by Gasteiger charge is 2.17. The molecule has 0 amide bonds. The molecule has 2 rings (SSSR count). The highest BCUT2D eigenvalue weighted by molar-refractivity contribution is 5.39. The van der Waals surface area contributed by atoms with Gasteiger partial charge in [0.1, 0.15) is 5.75 Å². The number of ether oxygens (including phenoxy) is 1. The molecular formula is C16H23N3O. The Morgan fingerprint density at radius 1 is 1.30 bits per heavy atom. The summed E-state index contributed by atoms with van der Waals surface area (Å²) in [6.45, 7) is 7.99. The second kappa shape index (κ2) is 6.57. The summed E-state index contributed by atoms with van der Waals surface area (Å²) in [4.78, 5) is 0. The minimum absolute atomic E-state index is 0.188. The van der Waals surface area contributed by atoms with Gasteiger partial charge in [-0.05, 0) is 32.5 Å². The minimum atomic E-state index is 0.188. The fourth-order valence-electron chi connectivity index (χ4n) is 2.41. The first-order chi connectivity index (χ1) is 9.65. The molecule has 0 saturated heterocycles. The maximum Gasteiger partial charge on any atom is 0.123 e. The first-order valence-corrected chi connectivity index (χ1v) is 7.02. The lowest BCUT2D eigenvalue weighted by molar-refractivity contribution is 0.384. The van der Waals surface area contributed by atoms with E-state index < -0.39 is 0 Å². The molecule has 2 aromatic rings. The molecule has 108 valence electrons. The molecular weight excluding hydrogens is 250 g/mol. The van der Waals surface area contributed by atoms with Gasteiger partial charge in [0.05, 0.1) is 19.7 Å². The maximum absolute atomic E-state index is 5.51. The van der Waals surface area contributed by atoms with Crippen LogP contribution >= 0.6 is 0 Å². The van der Waals surface area contributed by atoms with Crippen molar-refractivity contribution in [3.63, 3.8) is 0 Å². The molecule has 0 spiro atoms. The zero-order valence-electron chi connectivity index (χ0n) is 12.7. The number of hydrogen-bond donors (Lipinski definition) is 1. The van der Waals surface area contributed by atoms with Crippen LogP contribution in [0.1, 0.15) is 29.8 Å². The summed E-state index contributed by atoms with van der Waals surface area (Å²) < 4.78 is 7.53. The van der Waals surface area contributed by atoms with Crippen LogP contribution in [0, 0.1) is 13.8 Å². The number of nitrogens with one attached hydrogen (secondary N) is 1. The number of likely N-dealkylation sites (N-methyl/N-ethyl adjacent to an activating group) is 1. The summed E-state index contributed by atoms with van der Waals surface area (Å²) in [7, 11) is 1.72. The number of rotatable bonds is 6. The van der Waals surface area contributed by atoms with Gasteiger partial charge in [0, 0.05) is 17.5 Å².